The Balaban J connectivity index is 1.86. The number of hydrogen-bond acceptors (Lipinski definition) is 6. The van der Waals surface area contributed by atoms with Crippen molar-refractivity contribution in [2.75, 3.05) is 6.61 Å². The van der Waals surface area contributed by atoms with Crippen molar-refractivity contribution < 1.29 is 33.7 Å². The number of Topliss-reactive ketones (excluding diaryl/α,β-unsaturated/α-hetero) is 1. The smallest absolute Gasteiger partial charge is 0.303 e. The van der Waals surface area contributed by atoms with Crippen LogP contribution in [0.2, 0.25) is 0 Å². The molecule has 7 heteroatoms. The molecule has 0 unspecified atom stereocenters. The van der Waals surface area contributed by atoms with Gasteiger partial charge in [0.2, 0.25) is 5.78 Å². The van der Waals surface area contributed by atoms with Gasteiger partial charge in [-0.3, -0.25) is 14.4 Å². The van der Waals surface area contributed by atoms with Gasteiger partial charge >= 0.3 is 5.97 Å². The number of aliphatic hydroxyl groups is 2. The number of rotatable bonds is 3. The first-order valence-electron chi connectivity index (χ1n) is 11.0. The van der Waals surface area contributed by atoms with Gasteiger partial charge in [0.15, 0.2) is 17.1 Å². The molecule has 0 aromatic rings. The van der Waals surface area contributed by atoms with Crippen molar-refractivity contribution in [3.63, 3.8) is 0 Å². The largest absolute Gasteiger partial charge is 0.450 e. The SMILES string of the molecule is CC(=O)O[C@]1(C(=O)CO)[C@H](C)C[C@@H]2[C@@H]3CCC4=CC(=O)C=C[C@]4(C)[C@@]3(F)[C@H](O)C[C@]21C. The summed E-state index contributed by atoms with van der Waals surface area (Å²) >= 11 is 0. The van der Waals surface area contributed by atoms with Crippen molar-refractivity contribution in [2.24, 2.45) is 28.6 Å². The lowest BCUT2D eigenvalue weighted by molar-refractivity contribution is -0.227. The van der Waals surface area contributed by atoms with Crippen LogP contribution >= 0.6 is 0 Å². The van der Waals surface area contributed by atoms with E-state index in [0.29, 0.717) is 24.8 Å². The summed E-state index contributed by atoms with van der Waals surface area (Å²) in [6, 6.07) is 0. The fraction of sp³-hybridized carbons (Fsp3) is 0.708. The normalized spacial score (nSPS) is 48.4. The molecule has 3 fully saturated rings. The Morgan fingerprint density at radius 1 is 1.29 bits per heavy atom. The van der Waals surface area contributed by atoms with Gasteiger partial charge in [-0.2, -0.15) is 0 Å². The quantitative estimate of drug-likeness (QED) is 0.662. The molecule has 3 saturated carbocycles. The maximum Gasteiger partial charge on any atom is 0.303 e. The number of fused-ring (bicyclic) bond motifs is 5. The highest BCUT2D eigenvalue weighted by molar-refractivity contribution is 6.01. The van der Waals surface area contributed by atoms with Crippen molar-refractivity contribution in [2.45, 2.75) is 70.8 Å². The van der Waals surface area contributed by atoms with Crippen molar-refractivity contribution in [3.05, 3.63) is 23.8 Å². The molecular formula is C24H31FO6. The van der Waals surface area contributed by atoms with Gasteiger partial charge in [-0.05, 0) is 50.7 Å². The van der Waals surface area contributed by atoms with Crippen LogP contribution in [0, 0.1) is 28.6 Å². The summed E-state index contributed by atoms with van der Waals surface area (Å²) < 4.78 is 22.8. The zero-order chi connectivity index (χ0) is 23.0. The summed E-state index contributed by atoms with van der Waals surface area (Å²) in [4.78, 5) is 37.0. The molecule has 2 N–H and O–H groups in total. The lowest BCUT2D eigenvalue weighted by Crippen LogP contribution is -2.70. The number of esters is 1. The Morgan fingerprint density at radius 2 is 1.97 bits per heavy atom. The molecule has 0 radical (unpaired) electrons. The number of aliphatic hydroxyl groups excluding tert-OH is 2. The molecule has 0 aromatic heterocycles. The molecule has 0 amide bonds. The molecule has 31 heavy (non-hydrogen) atoms. The minimum atomic E-state index is -2.02. The number of allylic oxidation sites excluding steroid dienone is 4. The van der Waals surface area contributed by atoms with Gasteiger partial charge in [0.05, 0.1) is 6.10 Å². The van der Waals surface area contributed by atoms with E-state index in [4.69, 9.17) is 4.74 Å². The van der Waals surface area contributed by atoms with E-state index in [2.05, 4.69) is 0 Å². The Labute approximate surface area is 181 Å². The third-order valence-corrected chi connectivity index (χ3v) is 9.04. The molecular weight excluding hydrogens is 403 g/mol. The highest BCUT2D eigenvalue weighted by Crippen LogP contribution is 2.71. The highest BCUT2D eigenvalue weighted by atomic mass is 19.1. The number of alkyl halides is 1. The van der Waals surface area contributed by atoms with E-state index in [-0.39, 0.29) is 18.1 Å². The van der Waals surface area contributed by atoms with Gasteiger partial charge in [-0.1, -0.05) is 25.5 Å². The molecule has 0 spiro atoms. The van der Waals surface area contributed by atoms with Crippen LogP contribution in [-0.4, -0.2) is 51.7 Å². The molecule has 0 aromatic carbocycles. The lowest BCUT2D eigenvalue weighted by Gasteiger charge is -2.62. The van der Waals surface area contributed by atoms with Gasteiger partial charge in [0.1, 0.15) is 6.61 Å². The van der Waals surface area contributed by atoms with E-state index >= 15 is 4.39 Å². The Hall–Kier alpha value is -1.86. The summed E-state index contributed by atoms with van der Waals surface area (Å²) in [5.74, 6) is -2.79. The Morgan fingerprint density at radius 3 is 2.58 bits per heavy atom. The molecule has 6 nitrogen and oxygen atoms in total. The zero-order valence-electron chi connectivity index (χ0n) is 18.5. The standard InChI is InChI=1S/C24H31FO6/c1-13-9-18-17-6-5-15-10-16(28)7-8-21(15,3)23(17,25)19(29)11-22(18,4)24(13,20(30)12-26)31-14(2)27/h7-8,10,13,17-19,26,29H,5-6,9,11-12H2,1-4H3/t13-,17+,18-,19-,21+,22-,23+,24+/m1/s1. The Bertz CT molecular complexity index is 910. The highest BCUT2D eigenvalue weighted by Gasteiger charge is 2.77. The van der Waals surface area contributed by atoms with Crippen LogP contribution in [0.3, 0.4) is 0 Å². The van der Waals surface area contributed by atoms with Gasteiger partial charge in [0.25, 0.3) is 0 Å². The lowest BCUT2D eigenvalue weighted by atomic mass is 9.44. The number of ketones is 2. The van der Waals surface area contributed by atoms with Crippen LogP contribution in [0.25, 0.3) is 0 Å². The second-order valence-electron chi connectivity index (χ2n) is 10.3. The molecule has 0 saturated heterocycles. The first-order chi connectivity index (χ1) is 14.4. The predicted molar refractivity (Wildman–Crippen MR) is 109 cm³/mol. The fourth-order valence-corrected chi connectivity index (χ4v) is 7.74. The molecule has 4 aliphatic carbocycles. The van der Waals surface area contributed by atoms with Gasteiger partial charge in [0, 0.05) is 29.6 Å². The van der Waals surface area contributed by atoms with E-state index in [1.807, 2.05) is 0 Å². The molecule has 0 aliphatic heterocycles. The molecule has 8 atom stereocenters. The molecule has 4 rings (SSSR count). The van der Waals surface area contributed by atoms with E-state index in [1.54, 1.807) is 26.8 Å². The van der Waals surface area contributed by atoms with Crippen LogP contribution in [0.4, 0.5) is 4.39 Å². The monoisotopic (exact) mass is 434 g/mol. The van der Waals surface area contributed by atoms with E-state index in [0.717, 1.165) is 0 Å². The summed E-state index contributed by atoms with van der Waals surface area (Å²) in [6.45, 7) is 5.74. The van der Waals surface area contributed by atoms with Crippen LogP contribution in [0.1, 0.15) is 53.4 Å². The van der Waals surface area contributed by atoms with Crippen LogP contribution in [0.5, 0.6) is 0 Å². The van der Waals surface area contributed by atoms with Crippen molar-refractivity contribution in [1.82, 2.24) is 0 Å². The maximum atomic E-state index is 17.1. The predicted octanol–water partition coefficient (Wildman–Crippen LogP) is 2.47. The summed E-state index contributed by atoms with van der Waals surface area (Å²) in [7, 11) is 0. The minimum Gasteiger partial charge on any atom is -0.450 e. The van der Waals surface area contributed by atoms with Crippen LogP contribution < -0.4 is 0 Å². The Kier molecular flexibility index (Phi) is 4.91. The van der Waals surface area contributed by atoms with Crippen LogP contribution in [0.15, 0.2) is 23.8 Å². The van der Waals surface area contributed by atoms with Gasteiger partial charge in [-0.15, -0.1) is 0 Å². The van der Waals surface area contributed by atoms with Crippen molar-refractivity contribution in [3.8, 4) is 0 Å². The number of carbonyl (C=O) groups excluding carboxylic acids is 3. The first-order valence-corrected chi connectivity index (χ1v) is 11.0. The van der Waals surface area contributed by atoms with Crippen molar-refractivity contribution >= 4 is 17.5 Å². The molecule has 0 bridgehead atoms. The third-order valence-electron chi connectivity index (χ3n) is 9.04. The van der Waals surface area contributed by atoms with E-state index in [9.17, 15) is 24.6 Å². The molecule has 0 heterocycles. The second kappa shape index (κ2) is 6.82. The van der Waals surface area contributed by atoms with E-state index < -0.39 is 58.4 Å². The number of hydrogen-bond donors (Lipinski definition) is 2. The van der Waals surface area contributed by atoms with Crippen LogP contribution in [-0.2, 0) is 19.1 Å². The number of ether oxygens (including phenoxy) is 1. The first kappa shape index (κ1) is 22.3. The number of carbonyl (C=O) groups is 3. The fourth-order valence-electron chi connectivity index (χ4n) is 7.74. The average molecular weight is 435 g/mol. The average Bonchev–Trinajstić information content (AvgIpc) is 2.90. The topological polar surface area (TPSA) is 101 Å². The summed E-state index contributed by atoms with van der Waals surface area (Å²) in [6.07, 6.45) is 4.29. The van der Waals surface area contributed by atoms with Gasteiger partial charge in [-0.25, -0.2) is 4.39 Å². The zero-order valence-corrected chi connectivity index (χ0v) is 18.5. The maximum absolute atomic E-state index is 17.1. The minimum absolute atomic E-state index is 0.0846. The molecule has 170 valence electrons. The molecule has 4 aliphatic rings. The summed E-state index contributed by atoms with van der Waals surface area (Å²) in [5.41, 5.74) is -5.10. The summed E-state index contributed by atoms with van der Waals surface area (Å²) in [5, 5.41) is 21.1. The third kappa shape index (κ3) is 2.53. The van der Waals surface area contributed by atoms with E-state index in [1.165, 1.54) is 19.1 Å². The van der Waals surface area contributed by atoms with Crippen molar-refractivity contribution in [1.29, 1.82) is 0 Å². The number of halogens is 1. The second-order valence-corrected chi connectivity index (χ2v) is 10.3. The van der Waals surface area contributed by atoms with Gasteiger partial charge < -0.3 is 14.9 Å².